The SMILES string of the molecule is COC(=O)C[C@@](O)(CCC(C)(C)O)C(=O)O[C@H]1C(OC)=C[C@]23CCCN2CCc2cc4c(cc2[C@H]13)OCO4. The molecule has 1 aromatic rings. The van der Waals surface area contributed by atoms with Gasteiger partial charge in [-0.2, -0.15) is 0 Å². The average molecular weight is 532 g/mol. The summed E-state index contributed by atoms with van der Waals surface area (Å²) < 4.78 is 28.0. The number of fused-ring (bicyclic) bond motifs is 3. The molecular weight excluding hydrogens is 494 g/mol. The molecular formula is C28H37NO9. The first-order valence-corrected chi connectivity index (χ1v) is 13.2. The van der Waals surface area contributed by atoms with E-state index in [1.165, 1.54) is 7.11 Å². The molecule has 0 aromatic heterocycles. The number of ether oxygens (including phenoxy) is 5. The number of carbonyl (C=O) groups is 2. The smallest absolute Gasteiger partial charge is 0.339 e. The van der Waals surface area contributed by atoms with E-state index in [0.29, 0.717) is 17.3 Å². The first-order chi connectivity index (χ1) is 18.0. The third-order valence-electron chi connectivity index (χ3n) is 8.39. The Hall–Kier alpha value is -2.82. The molecule has 38 heavy (non-hydrogen) atoms. The molecule has 1 aromatic carbocycles. The number of rotatable bonds is 8. The Labute approximate surface area is 222 Å². The van der Waals surface area contributed by atoms with Crippen molar-refractivity contribution in [3.8, 4) is 11.5 Å². The molecule has 0 radical (unpaired) electrons. The quantitative estimate of drug-likeness (QED) is 0.483. The Balaban J connectivity index is 1.53. The molecule has 0 saturated carbocycles. The number of esters is 2. The number of carbonyl (C=O) groups excluding carboxylic acids is 2. The third kappa shape index (κ3) is 4.63. The lowest BCUT2D eigenvalue weighted by molar-refractivity contribution is -0.179. The van der Waals surface area contributed by atoms with Gasteiger partial charge in [-0.3, -0.25) is 9.69 Å². The van der Waals surface area contributed by atoms with Crippen LogP contribution in [-0.4, -0.2) is 84.0 Å². The second-order valence-electron chi connectivity index (χ2n) is 11.4. The average Bonchev–Trinajstić information content (AvgIpc) is 3.56. The maximum Gasteiger partial charge on any atom is 0.339 e. The molecule has 10 heteroatoms. The van der Waals surface area contributed by atoms with Crippen molar-refractivity contribution in [1.29, 1.82) is 0 Å². The van der Waals surface area contributed by atoms with Gasteiger partial charge in [0.1, 0.15) is 5.76 Å². The maximum atomic E-state index is 13.7. The highest BCUT2D eigenvalue weighted by atomic mass is 16.7. The van der Waals surface area contributed by atoms with E-state index in [9.17, 15) is 19.8 Å². The number of aliphatic hydroxyl groups is 2. The van der Waals surface area contributed by atoms with Gasteiger partial charge in [0.25, 0.3) is 0 Å². The fourth-order valence-electron chi connectivity index (χ4n) is 6.41. The van der Waals surface area contributed by atoms with Gasteiger partial charge < -0.3 is 33.9 Å². The number of nitrogens with zero attached hydrogens (tertiary/aromatic N) is 1. The molecule has 5 rings (SSSR count). The van der Waals surface area contributed by atoms with Crippen LogP contribution in [0.5, 0.6) is 11.5 Å². The van der Waals surface area contributed by atoms with Gasteiger partial charge in [-0.15, -0.1) is 0 Å². The molecule has 1 aliphatic carbocycles. The lowest BCUT2D eigenvalue weighted by Crippen LogP contribution is -2.49. The largest absolute Gasteiger partial charge is 0.497 e. The molecule has 1 spiro atoms. The van der Waals surface area contributed by atoms with E-state index < -0.39 is 41.2 Å². The summed E-state index contributed by atoms with van der Waals surface area (Å²) in [5.74, 6) is -0.163. The second-order valence-corrected chi connectivity index (χ2v) is 11.4. The Bertz CT molecular complexity index is 1140. The first-order valence-electron chi connectivity index (χ1n) is 13.2. The van der Waals surface area contributed by atoms with Gasteiger partial charge in [0.2, 0.25) is 6.79 Å². The van der Waals surface area contributed by atoms with Crippen LogP contribution in [0.3, 0.4) is 0 Å². The lowest BCUT2D eigenvalue weighted by Gasteiger charge is -2.39. The molecule has 0 unspecified atom stereocenters. The zero-order valence-electron chi connectivity index (χ0n) is 22.5. The molecule has 2 N–H and O–H groups in total. The van der Waals surface area contributed by atoms with Crippen molar-refractivity contribution in [2.24, 2.45) is 0 Å². The van der Waals surface area contributed by atoms with Crippen LogP contribution in [0, 0.1) is 0 Å². The van der Waals surface area contributed by atoms with Crippen LogP contribution in [0.15, 0.2) is 24.0 Å². The zero-order chi connectivity index (χ0) is 27.3. The van der Waals surface area contributed by atoms with Gasteiger partial charge in [0.05, 0.1) is 37.7 Å². The molecule has 1 saturated heterocycles. The van der Waals surface area contributed by atoms with Gasteiger partial charge in [-0.05, 0) is 81.8 Å². The fourth-order valence-corrected chi connectivity index (χ4v) is 6.41. The van der Waals surface area contributed by atoms with Gasteiger partial charge in [-0.25, -0.2) is 4.79 Å². The van der Waals surface area contributed by atoms with Crippen molar-refractivity contribution in [2.45, 2.75) is 81.1 Å². The van der Waals surface area contributed by atoms with Crippen molar-refractivity contribution >= 4 is 11.9 Å². The van der Waals surface area contributed by atoms with Crippen LogP contribution >= 0.6 is 0 Å². The van der Waals surface area contributed by atoms with Crippen molar-refractivity contribution < 1.29 is 43.5 Å². The van der Waals surface area contributed by atoms with E-state index in [0.717, 1.165) is 43.5 Å². The molecule has 1 fully saturated rings. The minimum atomic E-state index is -2.18. The fraction of sp³-hybridized carbons (Fsp3) is 0.643. The molecule has 3 heterocycles. The van der Waals surface area contributed by atoms with Crippen molar-refractivity contribution in [3.05, 3.63) is 35.1 Å². The Kier molecular flexibility index (Phi) is 6.86. The molecule has 0 amide bonds. The van der Waals surface area contributed by atoms with Gasteiger partial charge in [-0.1, -0.05) is 0 Å². The number of hydrogen-bond acceptors (Lipinski definition) is 10. The minimum absolute atomic E-state index is 0.0701. The van der Waals surface area contributed by atoms with Crippen LogP contribution in [-0.2, 0) is 30.2 Å². The summed E-state index contributed by atoms with van der Waals surface area (Å²) in [5, 5.41) is 21.7. The highest BCUT2D eigenvalue weighted by Gasteiger charge is 2.59. The van der Waals surface area contributed by atoms with Crippen LogP contribution in [0.1, 0.15) is 63.0 Å². The van der Waals surface area contributed by atoms with E-state index in [4.69, 9.17) is 23.7 Å². The third-order valence-corrected chi connectivity index (χ3v) is 8.39. The first kappa shape index (κ1) is 26.8. The number of benzene rings is 1. The Morgan fingerprint density at radius 3 is 2.55 bits per heavy atom. The molecule has 3 aliphatic heterocycles. The van der Waals surface area contributed by atoms with E-state index in [1.54, 1.807) is 21.0 Å². The predicted octanol–water partition coefficient (Wildman–Crippen LogP) is 2.19. The summed E-state index contributed by atoms with van der Waals surface area (Å²) in [7, 11) is 2.74. The molecule has 0 bridgehead atoms. The van der Waals surface area contributed by atoms with Crippen molar-refractivity contribution in [2.75, 3.05) is 34.1 Å². The highest BCUT2D eigenvalue weighted by molar-refractivity contribution is 5.86. The molecule has 208 valence electrons. The maximum absolute atomic E-state index is 13.7. The number of methoxy groups -OCH3 is 2. The molecule has 4 atom stereocenters. The summed E-state index contributed by atoms with van der Waals surface area (Å²) in [5.41, 5.74) is -1.69. The molecule has 4 aliphatic rings. The summed E-state index contributed by atoms with van der Waals surface area (Å²) in [6, 6.07) is 3.99. The van der Waals surface area contributed by atoms with Gasteiger partial charge >= 0.3 is 11.9 Å². The standard InChI is InChI=1S/C28H37NO9/c1-26(2,32)8-9-28(33,15-22(30)35-4)25(31)38-24-21(34-3)14-27-7-5-10-29(27)11-6-17-12-19-20(37-16-36-19)13-18(17)23(24)27/h12-14,23-24,32-33H,5-11,15-16H2,1-4H3/t23-,24+,27+,28+/m1/s1. The summed E-state index contributed by atoms with van der Waals surface area (Å²) in [6.45, 7) is 5.04. The Morgan fingerprint density at radius 2 is 1.87 bits per heavy atom. The topological polar surface area (TPSA) is 124 Å². The zero-order valence-corrected chi connectivity index (χ0v) is 22.5. The second kappa shape index (κ2) is 9.73. The van der Waals surface area contributed by atoms with Gasteiger partial charge in [0.15, 0.2) is 23.2 Å². The summed E-state index contributed by atoms with van der Waals surface area (Å²) >= 11 is 0. The number of hydrogen-bond donors (Lipinski definition) is 2. The van der Waals surface area contributed by atoms with E-state index in [-0.39, 0.29) is 25.6 Å². The predicted molar refractivity (Wildman–Crippen MR) is 135 cm³/mol. The summed E-state index contributed by atoms with van der Waals surface area (Å²) in [6.07, 6.45) is 3.18. The molecule has 10 nitrogen and oxygen atoms in total. The van der Waals surface area contributed by atoms with E-state index in [1.807, 2.05) is 12.1 Å². The van der Waals surface area contributed by atoms with E-state index >= 15 is 0 Å². The highest BCUT2D eigenvalue weighted by Crippen LogP contribution is 2.55. The van der Waals surface area contributed by atoms with E-state index in [2.05, 4.69) is 11.0 Å². The van der Waals surface area contributed by atoms with Crippen LogP contribution < -0.4 is 9.47 Å². The van der Waals surface area contributed by atoms with Crippen molar-refractivity contribution in [1.82, 2.24) is 4.90 Å². The van der Waals surface area contributed by atoms with Crippen LogP contribution in [0.2, 0.25) is 0 Å². The van der Waals surface area contributed by atoms with Crippen LogP contribution in [0.25, 0.3) is 0 Å². The van der Waals surface area contributed by atoms with Crippen LogP contribution in [0.4, 0.5) is 0 Å². The normalized spacial score (nSPS) is 27.4. The Morgan fingerprint density at radius 1 is 1.13 bits per heavy atom. The minimum Gasteiger partial charge on any atom is -0.497 e. The monoisotopic (exact) mass is 531 g/mol. The lowest BCUT2D eigenvalue weighted by atomic mass is 9.77. The van der Waals surface area contributed by atoms with Crippen molar-refractivity contribution in [3.63, 3.8) is 0 Å². The summed E-state index contributed by atoms with van der Waals surface area (Å²) in [4.78, 5) is 28.3. The van der Waals surface area contributed by atoms with Gasteiger partial charge in [0, 0.05) is 6.54 Å².